The van der Waals surface area contributed by atoms with Crippen molar-refractivity contribution >= 4 is 41.2 Å². The van der Waals surface area contributed by atoms with Gasteiger partial charge in [0.05, 0.1) is 6.61 Å². The summed E-state index contributed by atoms with van der Waals surface area (Å²) in [6, 6.07) is 31.7. The van der Waals surface area contributed by atoms with E-state index in [1.165, 1.54) is 36.4 Å². The summed E-state index contributed by atoms with van der Waals surface area (Å²) < 4.78 is 243. The van der Waals surface area contributed by atoms with Crippen molar-refractivity contribution < 1.29 is 99.2 Å². The summed E-state index contributed by atoms with van der Waals surface area (Å²) in [5, 5.41) is 38.9. The summed E-state index contributed by atoms with van der Waals surface area (Å²) in [4.78, 5) is 25.9. The summed E-state index contributed by atoms with van der Waals surface area (Å²) in [7, 11) is 0. The van der Waals surface area contributed by atoms with Crippen LogP contribution in [0.2, 0.25) is 0 Å². The van der Waals surface area contributed by atoms with E-state index >= 15 is 0 Å². The molecule has 0 spiro atoms. The Labute approximate surface area is 518 Å². The lowest BCUT2D eigenvalue weighted by atomic mass is 9.70. The molecule has 0 heterocycles. The maximum absolute atomic E-state index is 14.9. The molecule has 0 aromatic heterocycles. The lowest BCUT2D eigenvalue weighted by Gasteiger charge is -2.42. The van der Waals surface area contributed by atoms with E-state index in [0.717, 1.165) is 95.9 Å². The number of ether oxygens (including phenoxy) is 1. The van der Waals surface area contributed by atoms with Gasteiger partial charge in [-0.3, -0.25) is 0 Å². The van der Waals surface area contributed by atoms with Crippen molar-refractivity contribution in [1.82, 2.24) is 0 Å². The molecule has 2 aliphatic rings. The van der Waals surface area contributed by atoms with Gasteiger partial charge in [-0.05, 0) is 148 Å². The minimum Gasteiger partial charge on any atom is -0.494 e. The van der Waals surface area contributed by atoms with E-state index < -0.39 is 101 Å². The van der Waals surface area contributed by atoms with E-state index in [2.05, 4.69) is 0 Å². The smallest absolute Gasteiger partial charge is 0.460 e. The number of hydrogen-bond donors (Lipinski definition) is 2. The normalized spacial score (nSPS) is 15.0. The number of anilines is 3. The van der Waals surface area contributed by atoms with Crippen LogP contribution in [0.25, 0.3) is 34.4 Å². The van der Waals surface area contributed by atoms with Crippen molar-refractivity contribution in [3.8, 4) is 40.1 Å². The second-order valence-electron chi connectivity index (χ2n) is 23.0. The summed E-state index contributed by atoms with van der Waals surface area (Å²) in [5.74, 6) is -60.1. The van der Waals surface area contributed by atoms with Gasteiger partial charge >= 0.3 is 59.6 Å². The molecule has 5 aromatic rings. The Balaban J connectivity index is 1.33. The molecule has 5 aromatic carbocycles. The maximum Gasteiger partial charge on any atom is 0.460 e. The van der Waals surface area contributed by atoms with Crippen molar-refractivity contribution in [2.24, 2.45) is 0 Å². The number of alkyl halides is 17. The minimum atomic E-state index is -8.73. The van der Waals surface area contributed by atoms with E-state index in [4.69, 9.17) is 4.74 Å². The molecule has 0 amide bonds. The third-order valence-corrected chi connectivity index (χ3v) is 17.2. The second-order valence-corrected chi connectivity index (χ2v) is 23.0. The van der Waals surface area contributed by atoms with Crippen molar-refractivity contribution in [2.45, 2.75) is 176 Å². The third-order valence-electron chi connectivity index (χ3n) is 17.2. The van der Waals surface area contributed by atoms with E-state index in [-0.39, 0.29) is 5.75 Å². The maximum atomic E-state index is 14.9. The quantitative estimate of drug-likeness (QED) is 0.0201. The first kappa shape index (κ1) is 71.4. The Kier molecular flexibility index (Phi) is 20.5. The van der Waals surface area contributed by atoms with Crippen LogP contribution >= 0.6 is 0 Å². The Hall–Kier alpha value is -8.09. The number of hydrogen-bond acceptors (Lipinski definition) is 6. The highest BCUT2D eigenvalue weighted by molar-refractivity contribution is 5.98. The first-order valence-corrected chi connectivity index (χ1v) is 29.5. The summed E-state index contributed by atoms with van der Waals surface area (Å²) in [5.41, 5.74) is 7.35. The molecule has 0 radical (unpaired) electrons. The number of unbranched alkanes of at least 4 members (excludes halogenated alkanes) is 4. The zero-order chi connectivity index (χ0) is 68.4. The van der Waals surface area contributed by atoms with E-state index in [1.54, 1.807) is 24.3 Å². The molecule has 0 unspecified atom stereocenters. The molecule has 0 atom stereocenters. The highest BCUT2D eigenvalue weighted by Crippen LogP contribution is 2.65. The first-order valence-electron chi connectivity index (χ1n) is 29.5. The molecule has 2 aliphatic carbocycles. The van der Waals surface area contributed by atoms with Crippen LogP contribution in [0.1, 0.15) is 151 Å². The first-order chi connectivity index (χ1) is 42.9. The Bertz CT molecular complexity index is 3530. The van der Waals surface area contributed by atoms with Crippen molar-refractivity contribution in [3.05, 3.63) is 142 Å². The number of fused-ring (bicyclic) bond motifs is 6. The molecular formula is C67H62F17N3O5. The average molecular weight is 1310 g/mol. The third kappa shape index (κ3) is 12.3. The van der Waals surface area contributed by atoms with Crippen LogP contribution in [0, 0.1) is 22.7 Å². The minimum absolute atomic E-state index is 0.224. The SMILES string of the molecule is CCCCC1(CCCC)c2cc(/C=C(\C#N)C(=O)O)ccc2-c2ccc(N(c3ccc(OCCCC(F)(F)C(F)(F)C(F)(F)C(F)(F)C(F)(F)C(F)(F)C(F)(F)C(F)(F)F)cc3)c3ccc4c(c3)C(CCCC)(CCCC)c3cc(/C=C(\C#N)C(=O)O)ccc3-4)cc21. The fraction of sp³-hybridized carbons (Fsp3) is 0.433. The molecule has 0 bridgehead atoms. The largest absolute Gasteiger partial charge is 0.494 e. The molecule has 0 saturated carbocycles. The zero-order valence-corrected chi connectivity index (χ0v) is 49.9. The molecule has 7 rings (SSSR count). The number of aliphatic carboxylic acids is 2. The summed E-state index contributed by atoms with van der Waals surface area (Å²) in [6.07, 6.45) is -0.655. The van der Waals surface area contributed by atoms with Gasteiger partial charge < -0.3 is 19.8 Å². The Morgan fingerprint density at radius 1 is 0.457 bits per heavy atom. The number of rotatable bonds is 30. The molecule has 494 valence electrons. The van der Waals surface area contributed by atoms with Gasteiger partial charge in [0.25, 0.3) is 0 Å². The van der Waals surface area contributed by atoms with Crippen LogP contribution in [-0.4, -0.2) is 76.4 Å². The number of nitrogens with zero attached hydrogens (tertiary/aromatic N) is 3. The van der Waals surface area contributed by atoms with Crippen molar-refractivity contribution in [2.75, 3.05) is 11.5 Å². The predicted octanol–water partition coefficient (Wildman–Crippen LogP) is 20.6. The molecule has 0 saturated heterocycles. The molecule has 8 nitrogen and oxygen atoms in total. The van der Waals surface area contributed by atoms with Crippen molar-refractivity contribution in [1.29, 1.82) is 10.5 Å². The van der Waals surface area contributed by atoms with Crippen LogP contribution in [0.5, 0.6) is 5.75 Å². The van der Waals surface area contributed by atoms with Crippen LogP contribution in [0.4, 0.5) is 91.7 Å². The van der Waals surface area contributed by atoms with Gasteiger partial charge in [0, 0.05) is 34.3 Å². The molecule has 0 aliphatic heterocycles. The molecule has 2 N–H and O–H groups in total. The fourth-order valence-corrected chi connectivity index (χ4v) is 12.3. The average Bonchev–Trinajstić information content (AvgIpc) is 0.774. The van der Waals surface area contributed by atoms with Crippen LogP contribution < -0.4 is 9.64 Å². The van der Waals surface area contributed by atoms with Gasteiger partial charge in [-0.1, -0.05) is 128 Å². The number of nitriles is 2. The molecule has 25 heteroatoms. The van der Waals surface area contributed by atoms with E-state index in [1.807, 2.05) is 93.3 Å². The number of carboxylic acid groups (broad SMARTS) is 2. The topological polar surface area (TPSA) is 135 Å². The summed E-state index contributed by atoms with van der Waals surface area (Å²) >= 11 is 0. The molecular weight excluding hydrogens is 1250 g/mol. The highest BCUT2D eigenvalue weighted by Gasteiger charge is 2.95. The zero-order valence-electron chi connectivity index (χ0n) is 49.9. The molecule has 92 heavy (non-hydrogen) atoms. The lowest BCUT2D eigenvalue weighted by molar-refractivity contribution is -0.461. The van der Waals surface area contributed by atoms with Gasteiger partial charge in [-0.2, -0.15) is 85.2 Å². The number of carbonyl (C=O) groups is 2. The lowest BCUT2D eigenvalue weighted by Crippen LogP contribution is -2.74. The van der Waals surface area contributed by atoms with Gasteiger partial charge in [-0.25, -0.2) is 9.59 Å². The van der Waals surface area contributed by atoms with Crippen molar-refractivity contribution in [3.63, 3.8) is 0 Å². The van der Waals surface area contributed by atoms with Crippen LogP contribution in [-0.2, 0) is 20.4 Å². The summed E-state index contributed by atoms with van der Waals surface area (Å²) in [6.45, 7) is 7.01. The Morgan fingerprint density at radius 2 is 0.783 bits per heavy atom. The molecule has 0 fully saturated rings. The standard InChI is InChI=1S/C67H62F17N3O5/c1-5-9-26-58(27-10-6-2)52-34-40(32-42(38-85)56(88)89)14-22-48(52)50-24-18-45(36-54(50)58)87(46-19-25-51-49-23-15-41(33-43(39-86)57(90)91)35-53(49)59(28-11-7-3,29-12-8-4)55(51)37-46)44-16-20-47(21-17-44)92-31-13-30-60(68,69)61(70,71)62(72,73)63(74,75)64(76,77)65(78,79)66(80,81)67(82,83)84/h14-25,32-37H,5-13,26-31H2,1-4H3,(H,88,89)(H,90,91)/b42-32+,43-33+. The number of halogens is 17. The number of benzene rings is 5. The fourth-order valence-electron chi connectivity index (χ4n) is 12.3. The van der Waals surface area contributed by atoms with E-state index in [0.29, 0.717) is 53.9 Å². The monoisotopic (exact) mass is 1310 g/mol. The highest BCUT2D eigenvalue weighted by atomic mass is 19.4. The van der Waals surface area contributed by atoms with Gasteiger partial charge in [-0.15, -0.1) is 0 Å². The number of carboxylic acids is 2. The van der Waals surface area contributed by atoms with Crippen LogP contribution in [0.15, 0.2) is 108 Å². The van der Waals surface area contributed by atoms with E-state index in [9.17, 15) is 105 Å². The van der Waals surface area contributed by atoms with Gasteiger partial charge in [0.15, 0.2) is 0 Å². The Morgan fingerprint density at radius 3 is 1.12 bits per heavy atom. The van der Waals surface area contributed by atoms with Gasteiger partial charge in [0.1, 0.15) is 29.0 Å². The predicted molar refractivity (Wildman–Crippen MR) is 310 cm³/mol. The van der Waals surface area contributed by atoms with Gasteiger partial charge in [0.2, 0.25) is 0 Å². The van der Waals surface area contributed by atoms with Crippen LogP contribution in [0.3, 0.4) is 0 Å². The second kappa shape index (κ2) is 26.5.